The topological polar surface area (TPSA) is 46.9 Å². The second kappa shape index (κ2) is 11.2. The molecule has 1 aromatic heterocycles. The van der Waals surface area contributed by atoms with Crippen LogP contribution in [-0.2, 0) is 0 Å². The van der Waals surface area contributed by atoms with E-state index in [2.05, 4.69) is 34.7 Å². The molecule has 184 valence electrons. The van der Waals surface area contributed by atoms with Crippen LogP contribution in [0.1, 0.15) is 34.0 Å². The van der Waals surface area contributed by atoms with Gasteiger partial charge in [-0.25, -0.2) is 9.07 Å². The zero-order valence-electron chi connectivity index (χ0n) is 20.0. The van der Waals surface area contributed by atoms with Crippen LogP contribution < -0.4 is 5.32 Å². The summed E-state index contributed by atoms with van der Waals surface area (Å²) < 4.78 is 16.0. The quantitative estimate of drug-likeness (QED) is 0.239. The summed E-state index contributed by atoms with van der Waals surface area (Å²) in [6, 6.07) is 35.6. The molecule has 5 aromatic rings. The van der Waals surface area contributed by atoms with Crippen molar-refractivity contribution in [3.8, 4) is 16.9 Å². The Kier molecular flexibility index (Phi) is 7.43. The monoisotopic (exact) mass is 509 g/mol. The first-order valence-electron chi connectivity index (χ1n) is 12.1. The molecule has 0 atom stereocenters. The molecule has 4 aromatic carbocycles. The van der Waals surface area contributed by atoms with Crippen LogP contribution in [0.15, 0.2) is 115 Å². The fourth-order valence-corrected chi connectivity index (χ4v) is 4.57. The van der Waals surface area contributed by atoms with Crippen molar-refractivity contribution in [3.63, 3.8) is 0 Å². The van der Waals surface area contributed by atoms with Gasteiger partial charge < -0.3 is 5.32 Å². The number of hydrogen-bond donors (Lipinski definition) is 1. The largest absolute Gasteiger partial charge is 0.351 e. The maximum atomic E-state index is 14.5. The number of carbonyl (C=O) groups is 1. The van der Waals surface area contributed by atoms with Crippen molar-refractivity contribution in [3.05, 3.63) is 143 Å². The predicted octanol–water partition coefficient (Wildman–Crippen LogP) is 7.28. The number of halogens is 2. The Balaban J connectivity index is 1.41. The first-order valence-corrected chi connectivity index (χ1v) is 12.5. The number of aromatic nitrogens is 2. The van der Waals surface area contributed by atoms with Crippen molar-refractivity contribution in [2.75, 3.05) is 6.54 Å². The highest BCUT2D eigenvalue weighted by atomic mass is 35.5. The van der Waals surface area contributed by atoms with E-state index < -0.39 is 5.82 Å². The molecule has 1 heterocycles. The van der Waals surface area contributed by atoms with E-state index in [9.17, 15) is 9.18 Å². The van der Waals surface area contributed by atoms with Crippen molar-refractivity contribution in [1.29, 1.82) is 0 Å². The lowest BCUT2D eigenvalue weighted by molar-refractivity contribution is 0.0945. The van der Waals surface area contributed by atoms with Gasteiger partial charge in [-0.2, -0.15) is 5.10 Å². The molecule has 0 spiro atoms. The zero-order valence-corrected chi connectivity index (χ0v) is 20.8. The van der Waals surface area contributed by atoms with Gasteiger partial charge in [0, 0.05) is 23.0 Å². The first-order chi connectivity index (χ1) is 18.1. The normalized spacial score (nSPS) is 11.0. The van der Waals surface area contributed by atoms with E-state index in [1.165, 1.54) is 21.9 Å². The van der Waals surface area contributed by atoms with E-state index in [1.54, 1.807) is 48.5 Å². The van der Waals surface area contributed by atoms with Gasteiger partial charge in [-0.1, -0.05) is 84.4 Å². The second-order valence-electron chi connectivity index (χ2n) is 8.70. The minimum atomic E-state index is -0.399. The molecule has 1 amide bonds. The number of hydrogen-bond acceptors (Lipinski definition) is 2. The number of benzene rings is 4. The van der Waals surface area contributed by atoms with Crippen LogP contribution in [0, 0.1) is 5.82 Å². The van der Waals surface area contributed by atoms with E-state index in [0.717, 1.165) is 6.42 Å². The summed E-state index contributed by atoms with van der Waals surface area (Å²) in [6.45, 7) is 0.452. The Morgan fingerprint density at radius 1 is 0.838 bits per heavy atom. The molecule has 0 aliphatic heterocycles. The summed E-state index contributed by atoms with van der Waals surface area (Å²) in [5, 5.41) is 8.20. The third-order valence-electron chi connectivity index (χ3n) is 6.29. The van der Waals surface area contributed by atoms with E-state index in [1.807, 2.05) is 36.4 Å². The van der Waals surface area contributed by atoms with E-state index in [0.29, 0.717) is 34.2 Å². The molecule has 0 bridgehead atoms. The molecular weight excluding hydrogens is 485 g/mol. The minimum absolute atomic E-state index is 0.137. The van der Waals surface area contributed by atoms with Crippen LogP contribution in [0.25, 0.3) is 16.9 Å². The van der Waals surface area contributed by atoms with E-state index in [4.69, 9.17) is 11.6 Å². The maximum absolute atomic E-state index is 14.5. The van der Waals surface area contributed by atoms with Crippen LogP contribution >= 0.6 is 11.6 Å². The number of rotatable bonds is 8. The Morgan fingerprint density at radius 3 is 2.05 bits per heavy atom. The van der Waals surface area contributed by atoms with Crippen molar-refractivity contribution >= 4 is 17.5 Å². The lowest BCUT2D eigenvalue weighted by Gasteiger charge is -2.18. The van der Waals surface area contributed by atoms with Gasteiger partial charge in [-0.3, -0.25) is 4.79 Å². The second-order valence-corrected chi connectivity index (χ2v) is 9.14. The average molecular weight is 510 g/mol. The highest BCUT2D eigenvalue weighted by Crippen LogP contribution is 2.28. The maximum Gasteiger partial charge on any atom is 0.270 e. The van der Waals surface area contributed by atoms with E-state index in [-0.39, 0.29) is 11.8 Å². The molecule has 0 unspecified atom stereocenters. The molecule has 1 N–H and O–H groups in total. The molecule has 6 heteroatoms. The predicted molar refractivity (Wildman–Crippen MR) is 146 cm³/mol. The summed E-state index contributed by atoms with van der Waals surface area (Å²) >= 11 is 6.06. The number of nitrogens with one attached hydrogen (secondary N) is 1. The van der Waals surface area contributed by atoms with Crippen molar-refractivity contribution in [2.45, 2.75) is 12.3 Å². The molecule has 0 radical (unpaired) electrons. The fraction of sp³-hybridized carbons (Fsp3) is 0.0968. The van der Waals surface area contributed by atoms with Gasteiger partial charge in [-0.15, -0.1) is 0 Å². The summed E-state index contributed by atoms with van der Waals surface area (Å²) in [7, 11) is 0. The molecule has 4 nitrogen and oxygen atoms in total. The SMILES string of the molecule is O=C(NCCC(c1ccccc1)c1ccccc1)c1cc(-c2ccccc2F)nn1-c1ccc(Cl)cc1. The van der Waals surface area contributed by atoms with Gasteiger partial charge in [0.2, 0.25) is 0 Å². The Bertz CT molecular complexity index is 1440. The third kappa shape index (κ3) is 5.63. The molecule has 0 saturated heterocycles. The van der Waals surface area contributed by atoms with Gasteiger partial charge in [0.05, 0.1) is 11.4 Å². The highest BCUT2D eigenvalue weighted by molar-refractivity contribution is 6.30. The molecular formula is C31H25ClFN3O. The van der Waals surface area contributed by atoms with Crippen molar-refractivity contribution < 1.29 is 9.18 Å². The van der Waals surface area contributed by atoms with E-state index >= 15 is 0 Å². The van der Waals surface area contributed by atoms with Gasteiger partial charge in [0.1, 0.15) is 11.5 Å². The molecule has 37 heavy (non-hydrogen) atoms. The Morgan fingerprint density at radius 2 is 1.43 bits per heavy atom. The van der Waals surface area contributed by atoms with Gasteiger partial charge in [0.15, 0.2) is 0 Å². The highest BCUT2D eigenvalue weighted by Gasteiger charge is 2.20. The van der Waals surface area contributed by atoms with Crippen LogP contribution in [0.2, 0.25) is 5.02 Å². The van der Waals surface area contributed by atoms with Crippen LogP contribution in [-0.4, -0.2) is 22.2 Å². The van der Waals surface area contributed by atoms with Crippen LogP contribution in [0.4, 0.5) is 4.39 Å². The lowest BCUT2D eigenvalue weighted by Crippen LogP contribution is -2.28. The number of amides is 1. The third-order valence-corrected chi connectivity index (χ3v) is 6.54. The van der Waals surface area contributed by atoms with Crippen LogP contribution in [0.3, 0.4) is 0 Å². The zero-order chi connectivity index (χ0) is 25.6. The van der Waals surface area contributed by atoms with Crippen LogP contribution in [0.5, 0.6) is 0 Å². The summed E-state index contributed by atoms with van der Waals surface area (Å²) in [4.78, 5) is 13.4. The van der Waals surface area contributed by atoms with Gasteiger partial charge >= 0.3 is 0 Å². The van der Waals surface area contributed by atoms with Crippen molar-refractivity contribution in [2.24, 2.45) is 0 Å². The molecule has 0 aliphatic carbocycles. The molecule has 0 aliphatic rings. The molecule has 5 rings (SSSR count). The first kappa shape index (κ1) is 24.5. The lowest BCUT2D eigenvalue weighted by atomic mass is 9.88. The standard InChI is InChI=1S/C31H25ClFN3O/c32-24-15-17-25(18-16-24)36-30(21-29(35-36)27-13-7-8-14-28(27)33)31(37)34-20-19-26(22-9-3-1-4-10-22)23-11-5-2-6-12-23/h1-18,21,26H,19-20H2,(H,34,37). The summed E-state index contributed by atoms with van der Waals surface area (Å²) in [6.07, 6.45) is 0.717. The Labute approximate surface area is 220 Å². The smallest absolute Gasteiger partial charge is 0.270 e. The number of nitrogens with zero attached hydrogens (tertiary/aromatic N) is 2. The van der Waals surface area contributed by atoms with Crippen molar-refractivity contribution in [1.82, 2.24) is 15.1 Å². The molecule has 0 fully saturated rings. The Hall–Kier alpha value is -4.22. The average Bonchev–Trinajstić information content (AvgIpc) is 3.38. The minimum Gasteiger partial charge on any atom is -0.351 e. The summed E-state index contributed by atoms with van der Waals surface area (Å²) in [5.41, 5.74) is 4.06. The number of carbonyl (C=O) groups excluding carboxylic acids is 1. The summed E-state index contributed by atoms with van der Waals surface area (Å²) in [5.74, 6) is -0.549. The molecule has 0 saturated carbocycles. The fourth-order valence-electron chi connectivity index (χ4n) is 4.44. The van der Waals surface area contributed by atoms with Gasteiger partial charge in [-0.05, 0) is 60.0 Å². The van der Waals surface area contributed by atoms with Gasteiger partial charge in [0.25, 0.3) is 5.91 Å².